The minimum Gasteiger partial charge on any atom is -0.463 e. The number of cyclic esters (lactones) is 1. The first kappa shape index (κ1) is 48.9. The molecular weight excluding hydrogens is 891 g/mol. The van der Waals surface area contributed by atoms with Gasteiger partial charge in [-0.3, -0.25) is 14.6 Å². The molecule has 2 fully saturated rings. The number of hydrogen-bond acceptors (Lipinski definition) is 12. The Bertz CT molecular complexity index is 2680. The normalized spacial score (nSPS) is 33.2. The predicted molar refractivity (Wildman–Crippen MR) is 277 cm³/mol. The van der Waals surface area contributed by atoms with E-state index in [-0.39, 0.29) is 47.9 Å². The van der Waals surface area contributed by atoms with E-state index in [0.29, 0.717) is 48.4 Å². The highest BCUT2D eigenvalue weighted by Gasteiger charge is 2.85. The lowest BCUT2D eigenvalue weighted by atomic mass is 9.67. The lowest BCUT2D eigenvalue weighted by molar-refractivity contribution is -0.150. The number of aromatic nitrogens is 2. The third-order valence-electron chi connectivity index (χ3n) is 17.1. The van der Waals surface area contributed by atoms with E-state index in [0.717, 1.165) is 105 Å². The molecule has 7 aliphatic rings. The molecule has 9 unspecified atom stereocenters. The monoisotopic (exact) mass is 964 g/mol. The third-order valence-corrected chi connectivity index (χ3v) is 17.1. The second-order valence-corrected chi connectivity index (χ2v) is 21.9. The Labute approximate surface area is 419 Å². The number of pyridine rings is 2. The van der Waals surface area contributed by atoms with Crippen molar-refractivity contribution < 1.29 is 23.9 Å². The second kappa shape index (κ2) is 19.7. The molecule has 10 rings (SSSR count). The molecule has 2 aromatic heterocycles. The number of ketones is 2. The van der Waals surface area contributed by atoms with Crippen LogP contribution >= 0.6 is 0 Å². The standard InChI is InChI=1S/C57H73N9O5/c1-6-61-45-29-38-14-9-13-37-12-7-8-23-54(3,31-36-17-19-46(58)64-33-36)32-39-15-10-16-42-48(39)50(68)57(52(69)70-34-40(45)28-43(37)38)56(71-57,49(42)67)25-21-35(2)30-55(24-11-26-63-53(60-5)66-55)44-22-27-62-51-41(44)18-20-47(59-4)65-51/h9-10,14-17,19,21-22,27,29,33,37,40,43,45,47,59,61H,6-8,11-13,18,20,23-26,28,30-32,34H2,1-5H3,(H2,58,64)(H,62,65)(H2,60,63,66). The van der Waals surface area contributed by atoms with Crippen molar-refractivity contribution in [1.29, 1.82) is 0 Å². The highest BCUT2D eigenvalue weighted by Crippen LogP contribution is 2.60. The number of likely N-dealkylation sites (N-methyl/N-ethyl adjacent to an activating group) is 1. The summed E-state index contributed by atoms with van der Waals surface area (Å²) in [6, 6.07) is 11.5. The maximum absolute atomic E-state index is 15.7. The number of benzene rings is 1. The molecule has 0 radical (unpaired) electrons. The highest BCUT2D eigenvalue weighted by atomic mass is 16.7. The zero-order chi connectivity index (χ0) is 49.5. The van der Waals surface area contributed by atoms with E-state index in [4.69, 9.17) is 20.2 Å². The number of nitrogens with one attached hydrogen (secondary N) is 5. The molecular formula is C57H73N9O5. The average molecular weight is 964 g/mol. The Hall–Kier alpha value is -5.70. The molecule has 6 heterocycles. The van der Waals surface area contributed by atoms with E-state index < -0.39 is 28.5 Å². The smallest absolute Gasteiger partial charge is 0.350 e. The van der Waals surface area contributed by atoms with Gasteiger partial charge in [-0.05, 0) is 143 Å². The minimum atomic E-state index is -2.13. The first-order valence-electron chi connectivity index (χ1n) is 26.3. The molecule has 4 bridgehead atoms. The van der Waals surface area contributed by atoms with Gasteiger partial charge in [0.15, 0.2) is 17.3 Å². The van der Waals surface area contributed by atoms with Crippen LogP contribution in [0.5, 0.6) is 0 Å². The number of esters is 1. The number of ether oxygens (including phenoxy) is 2. The van der Waals surface area contributed by atoms with Gasteiger partial charge in [-0.25, -0.2) is 14.8 Å². The summed E-state index contributed by atoms with van der Waals surface area (Å²) in [7, 11) is 3.74. The topological polar surface area (TPSA) is 197 Å². The van der Waals surface area contributed by atoms with Crippen molar-refractivity contribution in [2.45, 2.75) is 140 Å². The molecule has 9 atom stereocenters. The minimum absolute atomic E-state index is 0.0121. The van der Waals surface area contributed by atoms with Crippen molar-refractivity contribution in [3.05, 3.63) is 118 Å². The fraction of sp³-hybridized carbons (Fsp3) is 0.544. The second-order valence-electron chi connectivity index (χ2n) is 21.9. The number of epoxide rings is 1. The Morgan fingerprint density at radius 3 is 2.72 bits per heavy atom. The van der Waals surface area contributed by atoms with Crippen molar-refractivity contribution in [3.63, 3.8) is 0 Å². The Balaban J connectivity index is 1.03. The lowest BCUT2D eigenvalue weighted by Gasteiger charge is -2.40. The fourth-order valence-corrected chi connectivity index (χ4v) is 13.5. The van der Waals surface area contributed by atoms with E-state index in [9.17, 15) is 0 Å². The van der Waals surface area contributed by atoms with Crippen molar-refractivity contribution in [1.82, 2.24) is 31.2 Å². The number of nitrogens with zero attached hydrogens (tertiary/aromatic N) is 3. The molecule has 14 nitrogen and oxygen atoms in total. The maximum Gasteiger partial charge on any atom is 0.350 e. The van der Waals surface area contributed by atoms with Crippen LogP contribution < -0.4 is 32.3 Å². The van der Waals surface area contributed by atoms with Gasteiger partial charge in [0.2, 0.25) is 5.78 Å². The number of nitrogens with two attached hydrogens (primary N) is 1. The molecule has 0 saturated carbocycles. The van der Waals surface area contributed by atoms with Crippen molar-refractivity contribution >= 4 is 35.1 Å². The summed E-state index contributed by atoms with van der Waals surface area (Å²) < 4.78 is 13.1. The van der Waals surface area contributed by atoms with Crippen LogP contribution in [0.1, 0.15) is 134 Å². The number of aliphatic imine (C=N–C) groups is 1. The van der Waals surface area contributed by atoms with Gasteiger partial charge in [-0.15, -0.1) is 0 Å². The summed E-state index contributed by atoms with van der Waals surface area (Å²) in [5.74, 6) is 1.23. The molecule has 71 heavy (non-hydrogen) atoms. The molecule has 1 aromatic carbocycles. The number of fused-ring (bicyclic) bond motifs is 2. The first-order chi connectivity index (χ1) is 34.3. The molecule has 14 heteroatoms. The third kappa shape index (κ3) is 9.02. The first-order valence-corrected chi connectivity index (χ1v) is 26.3. The zero-order valence-electron chi connectivity index (χ0n) is 42.3. The molecule has 3 aliphatic carbocycles. The van der Waals surface area contributed by atoms with Gasteiger partial charge in [0, 0.05) is 61.1 Å². The summed E-state index contributed by atoms with van der Waals surface area (Å²) >= 11 is 0. The SMILES string of the molecule is CCNC1C=C2C=CCC3CCCCC(C)(Cc4ccc(N)nc4)Cc4cccc5c4C(=O)C4(OC4(CC=C(C)CC4(c6ccnc7c6CCC(NC)N7)CCCNC(=NC)N4)C5=O)C(=O)OCC1CC23. The van der Waals surface area contributed by atoms with E-state index in [1.165, 1.54) is 11.1 Å². The quantitative estimate of drug-likeness (QED) is 0.0508. The van der Waals surface area contributed by atoms with E-state index >= 15 is 14.4 Å². The van der Waals surface area contributed by atoms with Gasteiger partial charge < -0.3 is 41.8 Å². The largest absolute Gasteiger partial charge is 0.463 e. The Kier molecular flexibility index (Phi) is 13.6. The number of anilines is 2. The average Bonchev–Trinajstić information content (AvgIpc) is 4.13. The number of allylic oxidation sites excluding steroid dienone is 3. The zero-order valence-corrected chi connectivity index (χ0v) is 42.3. The van der Waals surface area contributed by atoms with Crippen LogP contribution in [0.4, 0.5) is 11.6 Å². The lowest BCUT2D eigenvalue weighted by Crippen LogP contribution is -2.52. The van der Waals surface area contributed by atoms with Gasteiger partial charge in [-0.1, -0.05) is 80.8 Å². The van der Waals surface area contributed by atoms with Crippen LogP contribution in [0.25, 0.3) is 0 Å². The summed E-state index contributed by atoms with van der Waals surface area (Å²) in [4.78, 5) is 60.2. The van der Waals surface area contributed by atoms with Gasteiger partial charge in [0.25, 0.3) is 5.60 Å². The number of nitrogen functional groups attached to an aromatic ring is 1. The molecule has 376 valence electrons. The van der Waals surface area contributed by atoms with Crippen LogP contribution in [0, 0.1) is 23.2 Å². The molecule has 3 aromatic rings. The summed E-state index contributed by atoms with van der Waals surface area (Å²) in [5, 5.41) is 17.9. The van der Waals surface area contributed by atoms with Gasteiger partial charge in [0.05, 0.1) is 18.3 Å². The molecule has 1 spiro atoms. The van der Waals surface area contributed by atoms with Crippen molar-refractivity contribution in [2.24, 2.45) is 28.2 Å². The van der Waals surface area contributed by atoms with E-state index in [2.05, 4.69) is 81.6 Å². The molecule has 7 N–H and O–H groups in total. The number of guanidine groups is 1. The number of carbonyl (C=O) groups excluding carboxylic acids is 3. The van der Waals surface area contributed by atoms with Gasteiger partial charge >= 0.3 is 5.97 Å². The number of rotatable bonds is 10. The van der Waals surface area contributed by atoms with Crippen molar-refractivity contribution in [3.8, 4) is 0 Å². The Morgan fingerprint density at radius 2 is 1.92 bits per heavy atom. The van der Waals surface area contributed by atoms with Gasteiger partial charge in [-0.2, -0.15) is 0 Å². The van der Waals surface area contributed by atoms with Crippen LogP contribution in [-0.4, -0.2) is 90.7 Å². The highest BCUT2D eigenvalue weighted by molar-refractivity contribution is 6.33. The van der Waals surface area contributed by atoms with Crippen LogP contribution in [0.3, 0.4) is 0 Å². The van der Waals surface area contributed by atoms with Gasteiger partial charge in [0.1, 0.15) is 11.6 Å². The Morgan fingerprint density at radius 1 is 1.04 bits per heavy atom. The predicted octanol–water partition coefficient (Wildman–Crippen LogP) is 7.46. The number of Topliss-reactive ketones (excluding diaryl/α,β-unsaturated/α-hetero) is 2. The van der Waals surface area contributed by atoms with Crippen LogP contribution in [0.15, 0.2) is 89.2 Å². The molecule has 0 amide bonds. The van der Waals surface area contributed by atoms with Crippen molar-refractivity contribution in [2.75, 3.05) is 44.8 Å². The van der Waals surface area contributed by atoms with E-state index in [1.54, 1.807) is 13.1 Å². The van der Waals surface area contributed by atoms with Crippen LogP contribution in [-0.2, 0) is 39.1 Å². The summed E-state index contributed by atoms with van der Waals surface area (Å²) in [6.07, 6.45) is 24.0. The number of carbonyl (C=O) groups is 3. The fourth-order valence-electron chi connectivity index (χ4n) is 13.5. The van der Waals surface area contributed by atoms with E-state index in [1.807, 2.05) is 49.8 Å². The number of hydrogen-bond donors (Lipinski definition) is 6. The molecule has 2 saturated heterocycles. The molecule has 4 aliphatic heterocycles. The van der Waals surface area contributed by atoms with Crippen LogP contribution in [0.2, 0.25) is 0 Å². The summed E-state index contributed by atoms with van der Waals surface area (Å²) in [5.41, 5.74) is 8.28. The maximum atomic E-state index is 15.7. The summed E-state index contributed by atoms with van der Waals surface area (Å²) in [6.45, 7) is 8.07.